The van der Waals surface area contributed by atoms with Gasteiger partial charge in [-0.2, -0.15) is 10.2 Å². The number of rotatable bonds is 5. The van der Waals surface area contributed by atoms with Crippen molar-refractivity contribution in [2.24, 2.45) is 0 Å². The fourth-order valence-corrected chi connectivity index (χ4v) is 3.83. The topological polar surface area (TPSA) is 93.1 Å². The summed E-state index contributed by atoms with van der Waals surface area (Å²) in [6, 6.07) is -0.171. The summed E-state index contributed by atoms with van der Waals surface area (Å²) in [5.74, 6) is 0. The maximum absolute atomic E-state index is 12.0. The van der Waals surface area contributed by atoms with E-state index in [0.717, 1.165) is 24.3 Å². The highest BCUT2D eigenvalue weighted by molar-refractivity contribution is 7.90. The van der Waals surface area contributed by atoms with Gasteiger partial charge in [0.25, 0.3) is 0 Å². The third-order valence-electron chi connectivity index (χ3n) is 4.35. The Labute approximate surface area is 141 Å². The van der Waals surface area contributed by atoms with Gasteiger partial charge in [0.15, 0.2) is 9.84 Å². The number of nitrogens with zero attached hydrogens (tertiary/aromatic N) is 4. The summed E-state index contributed by atoms with van der Waals surface area (Å²) in [4.78, 5) is 2.46. The molecule has 9 heteroatoms. The largest absolute Gasteiger partial charge is 0.378 e. The van der Waals surface area contributed by atoms with E-state index in [1.165, 1.54) is 12.5 Å². The fraction of sp³-hybridized carbons (Fsp3) is 0.600. The van der Waals surface area contributed by atoms with E-state index in [4.69, 9.17) is 4.74 Å². The molecule has 132 valence electrons. The standard InChI is InChI=1S/C15H23N5O3S/c1-4-20-9-12(11(2)18-20)8-19-5-6-23-10-13(19)15-14(7-16-17-15)24(3,21)22/h7,9,13H,4-6,8,10H2,1-3H3,(H,16,17)/t13-/m1/s1. The summed E-state index contributed by atoms with van der Waals surface area (Å²) < 4.78 is 31.5. The normalized spacial score (nSPS) is 19.7. The van der Waals surface area contributed by atoms with Crippen LogP contribution in [0.5, 0.6) is 0 Å². The van der Waals surface area contributed by atoms with Crippen LogP contribution in [0, 0.1) is 6.92 Å². The molecule has 2 aromatic rings. The van der Waals surface area contributed by atoms with Crippen LogP contribution in [0.15, 0.2) is 17.3 Å². The van der Waals surface area contributed by atoms with E-state index < -0.39 is 9.84 Å². The van der Waals surface area contributed by atoms with E-state index in [0.29, 0.717) is 25.5 Å². The quantitative estimate of drug-likeness (QED) is 0.859. The first-order valence-electron chi connectivity index (χ1n) is 7.98. The summed E-state index contributed by atoms with van der Waals surface area (Å²) in [6.07, 6.45) is 4.62. The minimum absolute atomic E-state index is 0.171. The van der Waals surface area contributed by atoms with E-state index in [1.54, 1.807) is 0 Å². The van der Waals surface area contributed by atoms with Crippen LogP contribution >= 0.6 is 0 Å². The van der Waals surface area contributed by atoms with Crippen LogP contribution in [0.1, 0.15) is 29.9 Å². The van der Waals surface area contributed by atoms with Gasteiger partial charge < -0.3 is 4.74 Å². The second-order valence-electron chi connectivity index (χ2n) is 6.08. The third-order valence-corrected chi connectivity index (χ3v) is 5.47. The third kappa shape index (κ3) is 3.38. The van der Waals surface area contributed by atoms with Crippen LogP contribution < -0.4 is 0 Å². The first-order chi connectivity index (χ1) is 11.4. The second kappa shape index (κ2) is 6.66. The lowest BCUT2D eigenvalue weighted by molar-refractivity contribution is -0.0153. The molecule has 1 saturated heterocycles. The molecule has 1 N–H and O–H groups in total. The number of morpholine rings is 1. The van der Waals surface area contributed by atoms with Crippen LogP contribution in [0.2, 0.25) is 0 Å². The smallest absolute Gasteiger partial charge is 0.178 e. The van der Waals surface area contributed by atoms with Crippen LogP contribution in [0.3, 0.4) is 0 Å². The molecule has 0 radical (unpaired) electrons. The second-order valence-corrected chi connectivity index (χ2v) is 8.06. The van der Waals surface area contributed by atoms with E-state index in [2.05, 4.69) is 27.1 Å². The van der Waals surface area contributed by atoms with Gasteiger partial charge in [0.1, 0.15) is 4.90 Å². The first-order valence-corrected chi connectivity index (χ1v) is 9.87. The zero-order valence-electron chi connectivity index (χ0n) is 14.2. The Balaban J connectivity index is 1.89. The fourth-order valence-electron chi connectivity index (χ4n) is 3.01. The van der Waals surface area contributed by atoms with Gasteiger partial charge in [-0.25, -0.2) is 8.42 Å². The van der Waals surface area contributed by atoms with Gasteiger partial charge in [-0.3, -0.25) is 14.7 Å². The lowest BCUT2D eigenvalue weighted by Crippen LogP contribution is -2.39. The highest BCUT2D eigenvalue weighted by Crippen LogP contribution is 2.29. The maximum Gasteiger partial charge on any atom is 0.178 e. The summed E-state index contributed by atoms with van der Waals surface area (Å²) in [7, 11) is -3.34. The van der Waals surface area contributed by atoms with Gasteiger partial charge in [-0.05, 0) is 13.8 Å². The molecule has 0 spiro atoms. The van der Waals surface area contributed by atoms with Gasteiger partial charge in [0, 0.05) is 37.7 Å². The van der Waals surface area contributed by atoms with Crippen molar-refractivity contribution in [3.63, 3.8) is 0 Å². The van der Waals surface area contributed by atoms with Crippen molar-refractivity contribution >= 4 is 9.84 Å². The minimum atomic E-state index is -3.34. The molecule has 1 aliphatic rings. The molecule has 0 amide bonds. The molecule has 3 rings (SSSR count). The Morgan fingerprint density at radius 1 is 1.46 bits per heavy atom. The predicted octanol–water partition coefficient (Wildman–Crippen LogP) is 0.912. The molecule has 1 fully saturated rings. The molecule has 0 aromatic carbocycles. The molecule has 1 atom stereocenters. The molecule has 0 saturated carbocycles. The van der Waals surface area contributed by atoms with Crippen molar-refractivity contribution in [3.05, 3.63) is 29.3 Å². The molecule has 0 unspecified atom stereocenters. The number of hydrogen-bond acceptors (Lipinski definition) is 6. The zero-order chi connectivity index (χ0) is 17.3. The van der Waals surface area contributed by atoms with Crippen molar-refractivity contribution in [3.8, 4) is 0 Å². The van der Waals surface area contributed by atoms with Crippen molar-refractivity contribution in [1.82, 2.24) is 24.9 Å². The van der Waals surface area contributed by atoms with Crippen molar-refractivity contribution in [1.29, 1.82) is 0 Å². The van der Waals surface area contributed by atoms with Gasteiger partial charge in [0.2, 0.25) is 0 Å². The molecule has 0 aliphatic carbocycles. The molecule has 1 aliphatic heterocycles. The monoisotopic (exact) mass is 353 g/mol. The number of H-pyrrole nitrogens is 1. The van der Waals surface area contributed by atoms with Crippen LogP contribution in [-0.2, 0) is 27.7 Å². The SMILES string of the molecule is CCn1cc(CN2CCOC[C@@H]2c2[nH]ncc2S(C)(=O)=O)c(C)n1. The van der Waals surface area contributed by atoms with E-state index in [9.17, 15) is 8.42 Å². The Morgan fingerprint density at radius 2 is 2.25 bits per heavy atom. The minimum Gasteiger partial charge on any atom is -0.378 e. The van der Waals surface area contributed by atoms with Gasteiger partial charge in [0.05, 0.1) is 36.8 Å². The van der Waals surface area contributed by atoms with Crippen LogP contribution in [0.25, 0.3) is 0 Å². The molecule has 0 bridgehead atoms. The predicted molar refractivity (Wildman–Crippen MR) is 88.3 cm³/mol. The van der Waals surface area contributed by atoms with Gasteiger partial charge in [-0.1, -0.05) is 0 Å². The summed E-state index contributed by atoms with van der Waals surface area (Å²) >= 11 is 0. The van der Waals surface area contributed by atoms with Crippen molar-refractivity contribution in [2.45, 2.75) is 37.9 Å². The van der Waals surface area contributed by atoms with Crippen molar-refractivity contribution < 1.29 is 13.2 Å². The summed E-state index contributed by atoms with van der Waals surface area (Å²) in [6.45, 7) is 7.36. The van der Waals surface area contributed by atoms with Gasteiger partial charge in [-0.15, -0.1) is 0 Å². The number of sulfone groups is 1. The number of aromatic nitrogens is 4. The Bertz CT molecular complexity index is 811. The van der Waals surface area contributed by atoms with Crippen LogP contribution in [0.4, 0.5) is 0 Å². The Morgan fingerprint density at radius 3 is 2.92 bits per heavy atom. The van der Waals surface area contributed by atoms with E-state index in [1.807, 2.05) is 17.8 Å². The first kappa shape index (κ1) is 17.1. The van der Waals surface area contributed by atoms with Gasteiger partial charge >= 0.3 is 0 Å². The van der Waals surface area contributed by atoms with Crippen molar-refractivity contribution in [2.75, 3.05) is 26.0 Å². The van der Waals surface area contributed by atoms with Crippen LogP contribution in [-0.4, -0.2) is 59.3 Å². The average Bonchev–Trinajstić information content (AvgIpc) is 3.15. The highest BCUT2D eigenvalue weighted by atomic mass is 32.2. The zero-order valence-corrected chi connectivity index (χ0v) is 15.0. The lowest BCUT2D eigenvalue weighted by atomic mass is 10.1. The summed E-state index contributed by atoms with van der Waals surface area (Å²) in [5, 5.41) is 11.3. The molecule has 24 heavy (non-hydrogen) atoms. The maximum atomic E-state index is 12.0. The molecule has 2 aromatic heterocycles. The Hall–Kier alpha value is -1.71. The number of hydrogen-bond donors (Lipinski definition) is 1. The molecule has 3 heterocycles. The number of aromatic amines is 1. The number of aryl methyl sites for hydroxylation is 2. The van der Waals surface area contributed by atoms with E-state index >= 15 is 0 Å². The highest BCUT2D eigenvalue weighted by Gasteiger charge is 2.31. The molecular weight excluding hydrogens is 330 g/mol. The Kier molecular flexibility index (Phi) is 4.75. The number of ether oxygens (including phenoxy) is 1. The molecular formula is C15H23N5O3S. The van der Waals surface area contributed by atoms with E-state index in [-0.39, 0.29) is 10.9 Å². The molecule has 8 nitrogen and oxygen atoms in total. The number of nitrogens with one attached hydrogen (secondary N) is 1. The average molecular weight is 353 g/mol. The lowest BCUT2D eigenvalue weighted by Gasteiger charge is -2.35. The summed E-state index contributed by atoms with van der Waals surface area (Å²) in [5.41, 5.74) is 2.73.